The van der Waals surface area contributed by atoms with Gasteiger partial charge >= 0.3 is 6.03 Å². The van der Waals surface area contributed by atoms with Crippen LogP contribution in [0.2, 0.25) is 0 Å². The molecule has 19 heavy (non-hydrogen) atoms. The van der Waals surface area contributed by atoms with Crippen LogP contribution in [0.3, 0.4) is 0 Å². The number of benzene rings is 1. The molecular weight excluding hydrogens is 268 g/mol. The predicted molar refractivity (Wildman–Crippen MR) is 71.7 cm³/mol. The van der Waals surface area contributed by atoms with Crippen LogP contribution in [0.25, 0.3) is 0 Å². The van der Waals surface area contributed by atoms with Gasteiger partial charge in [-0.2, -0.15) is 8.42 Å². The van der Waals surface area contributed by atoms with E-state index in [1.807, 2.05) is 24.3 Å². The Morgan fingerprint density at radius 1 is 1.42 bits per heavy atom. The Hall–Kier alpha value is -1.60. The highest BCUT2D eigenvalue weighted by atomic mass is 32.2. The van der Waals surface area contributed by atoms with Crippen molar-refractivity contribution in [3.63, 3.8) is 0 Å². The summed E-state index contributed by atoms with van der Waals surface area (Å²) in [5.74, 6) is 0. The zero-order valence-electron chi connectivity index (χ0n) is 10.6. The molecule has 2 amide bonds. The molecule has 0 radical (unpaired) electrons. The number of rotatable bonds is 5. The first-order valence-corrected chi connectivity index (χ1v) is 7.76. The number of amides is 2. The Morgan fingerprint density at radius 3 is 2.84 bits per heavy atom. The second-order valence-corrected chi connectivity index (χ2v) is 5.97. The number of carbonyl (C=O) groups is 1. The fourth-order valence-electron chi connectivity index (χ4n) is 1.91. The zero-order chi connectivity index (χ0) is 13.9. The molecule has 1 aliphatic heterocycles. The number of hydrogen-bond acceptors (Lipinski definition) is 4. The number of anilines is 1. The monoisotopic (exact) mass is 284 g/mol. The van der Waals surface area contributed by atoms with Gasteiger partial charge in [0.25, 0.3) is 10.1 Å². The van der Waals surface area contributed by atoms with Crippen LogP contribution in [0, 0.1) is 0 Å². The molecule has 6 nitrogen and oxygen atoms in total. The van der Waals surface area contributed by atoms with Crippen molar-refractivity contribution < 1.29 is 17.4 Å². The van der Waals surface area contributed by atoms with Gasteiger partial charge in [0, 0.05) is 18.8 Å². The lowest BCUT2D eigenvalue weighted by Crippen LogP contribution is -2.27. The zero-order valence-corrected chi connectivity index (χ0v) is 11.4. The minimum atomic E-state index is -3.40. The third kappa shape index (κ3) is 3.93. The highest BCUT2D eigenvalue weighted by Gasteiger charge is 2.20. The summed E-state index contributed by atoms with van der Waals surface area (Å²) in [6.45, 7) is 1.39. The maximum absolute atomic E-state index is 11.5. The second-order valence-electron chi connectivity index (χ2n) is 4.33. The van der Waals surface area contributed by atoms with Gasteiger partial charge in [0.2, 0.25) is 0 Å². The summed E-state index contributed by atoms with van der Waals surface area (Å²) >= 11 is 0. The summed E-state index contributed by atoms with van der Waals surface area (Å²) < 4.78 is 26.4. The molecule has 0 atom stereocenters. The van der Waals surface area contributed by atoms with Gasteiger partial charge in [0.1, 0.15) is 0 Å². The van der Waals surface area contributed by atoms with Crippen molar-refractivity contribution in [2.45, 2.75) is 6.42 Å². The number of hydrogen-bond donors (Lipinski definition) is 1. The van der Waals surface area contributed by atoms with E-state index < -0.39 is 10.1 Å². The molecule has 0 saturated carbocycles. The van der Waals surface area contributed by atoms with Crippen LogP contribution < -0.4 is 10.2 Å². The summed E-state index contributed by atoms with van der Waals surface area (Å²) in [4.78, 5) is 13.2. The van der Waals surface area contributed by atoms with E-state index >= 15 is 0 Å². The molecule has 7 heteroatoms. The fraction of sp³-hybridized carbons (Fsp3) is 0.417. The third-order valence-electron chi connectivity index (χ3n) is 2.77. The van der Waals surface area contributed by atoms with Gasteiger partial charge in [-0.1, -0.05) is 12.1 Å². The van der Waals surface area contributed by atoms with Crippen molar-refractivity contribution >= 4 is 21.8 Å². The van der Waals surface area contributed by atoms with E-state index in [2.05, 4.69) is 5.32 Å². The molecule has 0 aromatic heterocycles. The van der Waals surface area contributed by atoms with Crippen molar-refractivity contribution in [1.82, 2.24) is 5.32 Å². The first-order valence-electron chi connectivity index (χ1n) is 5.94. The number of nitrogens with zero attached hydrogens (tertiary/aromatic N) is 1. The van der Waals surface area contributed by atoms with Crippen molar-refractivity contribution in [3.8, 4) is 0 Å². The Morgan fingerprint density at radius 2 is 2.21 bits per heavy atom. The highest BCUT2D eigenvalue weighted by Crippen LogP contribution is 2.18. The first kappa shape index (κ1) is 13.8. The van der Waals surface area contributed by atoms with E-state index in [0.717, 1.165) is 17.5 Å². The van der Waals surface area contributed by atoms with E-state index in [1.54, 1.807) is 4.90 Å². The summed E-state index contributed by atoms with van der Waals surface area (Å²) in [7, 11) is -3.40. The SMILES string of the molecule is CS(=O)(=O)OCCc1cccc(N2CCNC2=O)c1. The van der Waals surface area contributed by atoms with E-state index in [0.29, 0.717) is 19.5 Å². The van der Waals surface area contributed by atoms with Crippen LogP contribution in [-0.4, -0.2) is 40.4 Å². The van der Waals surface area contributed by atoms with Crippen LogP contribution in [0.15, 0.2) is 24.3 Å². The number of nitrogens with one attached hydrogen (secondary N) is 1. The fourth-order valence-corrected chi connectivity index (χ4v) is 2.29. The summed E-state index contributed by atoms with van der Waals surface area (Å²) in [5.41, 5.74) is 1.74. The molecule has 1 aromatic carbocycles. The molecule has 1 aromatic rings. The lowest BCUT2D eigenvalue weighted by atomic mass is 10.1. The van der Waals surface area contributed by atoms with Crippen molar-refractivity contribution in [1.29, 1.82) is 0 Å². The Labute approximate surface area is 112 Å². The minimum Gasteiger partial charge on any atom is -0.336 e. The minimum absolute atomic E-state index is 0.106. The largest absolute Gasteiger partial charge is 0.336 e. The molecule has 104 valence electrons. The van der Waals surface area contributed by atoms with E-state index in [-0.39, 0.29) is 12.6 Å². The smallest absolute Gasteiger partial charge is 0.321 e. The summed E-state index contributed by atoms with van der Waals surface area (Å²) in [5, 5.41) is 2.73. The summed E-state index contributed by atoms with van der Waals surface area (Å²) in [6.07, 6.45) is 1.51. The average molecular weight is 284 g/mol. The molecule has 1 heterocycles. The van der Waals surface area contributed by atoms with Gasteiger partial charge in [-0.25, -0.2) is 4.79 Å². The van der Waals surface area contributed by atoms with Crippen LogP contribution in [0.4, 0.5) is 10.5 Å². The molecule has 1 aliphatic rings. The quantitative estimate of drug-likeness (QED) is 0.809. The Balaban J connectivity index is 2.01. The van der Waals surface area contributed by atoms with Gasteiger partial charge in [-0.05, 0) is 24.1 Å². The topological polar surface area (TPSA) is 75.7 Å². The van der Waals surface area contributed by atoms with Crippen molar-refractivity contribution in [2.75, 3.05) is 30.9 Å². The van der Waals surface area contributed by atoms with Gasteiger partial charge in [0.15, 0.2) is 0 Å². The summed E-state index contributed by atoms with van der Waals surface area (Å²) in [6, 6.07) is 7.34. The molecule has 0 bridgehead atoms. The second kappa shape index (κ2) is 5.58. The van der Waals surface area contributed by atoms with Gasteiger partial charge in [-0.3, -0.25) is 9.08 Å². The molecule has 1 saturated heterocycles. The van der Waals surface area contributed by atoms with E-state index in [1.165, 1.54) is 0 Å². The van der Waals surface area contributed by atoms with Crippen LogP contribution >= 0.6 is 0 Å². The van der Waals surface area contributed by atoms with Gasteiger partial charge in [0.05, 0.1) is 12.9 Å². The highest BCUT2D eigenvalue weighted by molar-refractivity contribution is 7.85. The van der Waals surface area contributed by atoms with Crippen LogP contribution in [0.1, 0.15) is 5.56 Å². The normalized spacial score (nSPS) is 15.6. The van der Waals surface area contributed by atoms with Gasteiger partial charge in [-0.15, -0.1) is 0 Å². The third-order valence-corrected chi connectivity index (χ3v) is 3.36. The molecule has 0 spiro atoms. The maximum Gasteiger partial charge on any atom is 0.321 e. The Kier molecular flexibility index (Phi) is 4.06. The van der Waals surface area contributed by atoms with Crippen LogP contribution in [-0.2, 0) is 20.7 Å². The number of carbonyl (C=O) groups excluding carboxylic acids is 1. The molecule has 0 unspecified atom stereocenters. The van der Waals surface area contributed by atoms with Crippen molar-refractivity contribution in [3.05, 3.63) is 29.8 Å². The maximum atomic E-state index is 11.5. The molecule has 1 fully saturated rings. The molecule has 2 rings (SSSR count). The average Bonchev–Trinajstić information content (AvgIpc) is 2.74. The van der Waals surface area contributed by atoms with Crippen molar-refractivity contribution in [2.24, 2.45) is 0 Å². The Bertz CT molecular complexity index is 571. The van der Waals surface area contributed by atoms with Crippen LogP contribution in [0.5, 0.6) is 0 Å². The van der Waals surface area contributed by atoms with Gasteiger partial charge < -0.3 is 5.32 Å². The molecular formula is C12H16N2O4S. The predicted octanol–water partition coefficient (Wildman–Crippen LogP) is 0.735. The molecule has 1 N–H and O–H groups in total. The number of urea groups is 1. The standard InChI is InChI=1S/C12H16N2O4S/c1-19(16,17)18-8-5-10-3-2-4-11(9-10)14-7-6-13-12(14)15/h2-4,9H,5-8H2,1H3,(H,13,15). The van der Waals surface area contributed by atoms with E-state index in [4.69, 9.17) is 4.18 Å². The lowest BCUT2D eigenvalue weighted by Gasteiger charge is -2.15. The molecule has 0 aliphatic carbocycles. The lowest BCUT2D eigenvalue weighted by molar-refractivity contribution is 0.252. The first-order chi connectivity index (χ1) is 8.96. The van der Waals surface area contributed by atoms with E-state index in [9.17, 15) is 13.2 Å².